The molecule has 1 amide bonds. The van der Waals surface area contributed by atoms with E-state index in [2.05, 4.69) is 65.6 Å². The van der Waals surface area contributed by atoms with Crippen molar-refractivity contribution in [3.8, 4) is 0 Å². The standard InChI is InChI=1S/C30H36N2O/c1-3-32(4-2)30(33)28-17-15-26(16-18-28)29(25-13-9-6-10-14-25)27-19-21-31(22-20-27)23-24-11-7-5-8-12-24/h5-9,11-13,15-18H,3-4,10,14,19-23H2,1-2H3. The first-order chi connectivity index (χ1) is 16.2. The average molecular weight is 441 g/mol. The molecule has 2 aromatic carbocycles. The van der Waals surface area contributed by atoms with Crippen LogP contribution in [0.1, 0.15) is 61.0 Å². The van der Waals surface area contributed by atoms with E-state index in [0.717, 1.165) is 64.0 Å². The first-order valence-electron chi connectivity index (χ1n) is 12.4. The maximum atomic E-state index is 12.8. The molecule has 0 aromatic heterocycles. The Bertz CT molecular complexity index is 1020. The monoisotopic (exact) mass is 440 g/mol. The Labute approximate surface area is 199 Å². The lowest BCUT2D eigenvalue weighted by atomic mass is 9.84. The van der Waals surface area contributed by atoms with Gasteiger partial charge in [0.15, 0.2) is 0 Å². The van der Waals surface area contributed by atoms with Gasteiger partial charge >= 0.3 is 0 Å². The molecule has 0 atom stereocenters. The molecule has 1 aliphatic carbocycles. The summed E-state index contributed by atoms with van der Waals surface area (Å²) in [5.74, 6) is 0.120. The highest BCUT2D eigenvalue weighted by Gasteiger charge is 2.21. The van der Waals surface area contributed by atoms with Crippen LogP contribution in [0.5, 0.6) is 0 Å². The number of rotatable bonds is 7. The van der Waals surface area contributed by atoms with Crippen molar-refractivity contribution in [2.24, 2.45) is 0 Å². The largest absolute Gasteiger partial charge is 0.339 e. The summed E-state index contributed by atoms with van der Waals surface area (Å²) in [6.07, 6.45) is 11.1. The van der Waals surface area contributed by atoms with Gasteiger partial charge in [0.05, 0.1) is 0 Å². The molecule has 1 aliphatic heterocycles. The summed E-state index contributed by atoms with van der Waals surface area (Å²) in [6.45, 7) is 8.76. The van der Waals surface area contributed by atoms with Crippen LogP contribution in [0.25, 0.3) is 5.57 Å². The number of allylic oxidation sites excluding steroid dienone is 5. The molecule has 0 unspecified atom stereocenters. The topological polar surface area (TPSA) is 23.6 Å². The van der Waals surface area contributed by atoms with Crippen LogP contribution in [0.2, 0.25) is 0 Å². The van der Waals surface area contributed by atoms with Gasteiger partial charge in [0.2, 0.25) is 0 Å². The second kappa shape index (κ2) is 11.3. The summed E-state index contributed by atoms with van der Waals surface area (Å²) >= 11 is 0. The Hall–Kier alpha value is -2.91. The van der Waals surface area contributed by atoms with Gasteiger partial charge in [0.1, 0.15) is 0 Å². The molecule has 172 valence electrons. The SMILES string of the molecule is CCN(CC)C(=O)c1ccc(C(C2=CC=CCC2)=C2CCN(Cc3ccccc3)CC2)cc1. The average Bonchev–Trinajstić information content (AvgIpc) is 2.88. The van der Waals surface area contributed by atoms with Crippen molar-refractivity contribution in [3.05, 3.63) is 101 Å². The Kier molecular flexibility index (Phi) is 7.96. The Balaban J connectivity index is 1.56. The predicted molar refractivity (Wildman–Crippen MR) is 138 cm³/mol. The Morgan fingerprint density at radius 3 is 2.15 bits per heavy atom. The van der Waals surface area contributed by atoms with Crippen LogP contribution < -0.4 is 0 Å². The molecule has 0 N–H and O–H groups in total. The number of carbonyl (C=O) groups is 1. The smallest absolute Gasteiger partial charge is 0.253 e. The van der Waals surface area contributed by atoms with Crippen LogP contribution in [0.15, 0.2) is 84.0 Å². The number of benzene rings is 2. The molecular weight excluding hydrogens is 404 g/mol. The third-order valence-electron chi connectivity index (χ3n) is 6.87. The molecule has 2 aliphatic rings. The van der Waals surface area contributed by atoms with Gasteiger partial charge in [-0.2, -0.15) is 0 Å². The second-order valence-electron chi connectivity index (χ2n) is 8.95. The molecule has 4 rings (SSSR count). The molecule has 0 saturated carbocycles. The third-order valence-corrected chi connectivity index (χ3v) is 6.87. The predicted octanol–water partition coefficient (Wildman–Crippen LogP) is 6.49. The number of hydrogen-bond acceptors (Lipinski definition) is 2. The molecule has 33 heavy (non-hydrogen) atoms. The zero-order valence-electron chi connectivity index (χ0n) is 20.1. The van der Waals surface area contributed by atoms with Gasteiger partial charge in [-0.3, -0.25) is 9.69 Å². The lowest BCUT2D eigenvalue weighted by Gasteiger charge is -2.31. The van der Waals surface area contributed by atoms with E-state index in [9.17, 15) is 4.79 Å². The van der Waals surface area contributed by atoms with Crippen LogP contribution in [0.4, 0.5) is 0 Å². The molecular formula is C30H36N2O. The number of hydrogen-bond donors (Lipinski definition) is 0. The summed E-state index contributed by atoms with van der Waals surface area (Å²) in [7, 11) is 0. The zero-order valence-corrected chi connectivity index (χ0v) is 20.1. The summed E-state index contributed by atoms with van der Waals surface area (Å²) < 4.78 is 0. The van der Waals surface area contributed by atoms with Gasteiger partial charge in [0.25, 0.3) is 5.91 Å². The van der Waals surface area contributed by atoms with Crippen molar-refractivity contribution in [3.63, 3.8) is 0 Å². The molecule has 0 radical (unpaired) electrons. The van der Waals surface area contributed by atoms with E-state index in [1.54, 1.807) is 5.57 Å². The first-order valence-corrected chi connectivity index (χ1v) is 12.4. The minimum atomic E-state index is 0.120. The van der Waals surface area contributed by atoms with Crippen molar-refractivity contribution in [2.45, 2.75) is 46.1 Å². The van der Waals surface area contributed by atoms with Gasteiger partial charge in [-0.25, -0.2) is 0 Å². The van der Waals surface area contributed by atoms with Crippen LogP contribution in [-0.4, -0.2) is 41.9 Å². The molecule has 3 heteroatoms. The summed E-state index contributed by atoms with van der Waals surface area (Å²) in [4.78, 5) is 17.2. The van der Waals surface area contributed by atoms with Crippen molar-refractivity contribution in [1.82, 2.24) is 9.80 Å². The van der Waals surface area contributed by atoms with E-state index in [-0.39, 0.29) is 5.91 Å². The number of amides is 1. The number of nitrogens with zero attached hydrogens (tertiary/aromatic N) is 2. The Morgan fingerprint density at radius 2 is 1.55 bits per heavy atom. The maximum Gasteiger partial charge on any atom is 0.253 e. The minimum absolute atomic E-state index is 0.120. The molecule has 0 spiro atoms. The van der Waals surface area contributed by atoms with E-state index in [1.165, 1.54) is 22.3 Å². The lowest BCUT2D eigenvalue weighted by molar-refractivity contribution is 0.0773. The highest BCUT2D eigenvalue weighted by Crippen LogP contribution is 2.36. The van der Waals surface area contributed by atoms with Gasteiger partial charge in [0, 0.05) is 38.3 Å². The van der Waals surface area contributed by atoms with Gasteiger partial charge < -0.3 is 4.90 Å². The van der Waals surface area contributed by atoms with Crippen LogP contribution in [0, 0.1) is 0 Å². The van der Waals surface area contributed by atoms with Crippen molar-refractivity contribution >= 4 is 11.5 Å². The van der Waals surface area contributed by atoms with Crippen molar-refractivity contribution in [2.75, 3.05) is 26.2 Å². The molecule has 1 saturated heterocycles. The van der Waals surface area contributed by atoms with E-state index >= 15 is 0 Å². The minimum Gasteiger partial charge on any atom is -0.339 e. The van der Waals surface area contributed by atoms with Gasteiger partial charge in [-0.1, -0.05) is 66.3 Å². The molecule has 1 heterocycles. The molecule has 2 aromatic rings. The number of carbonyl (C=O) groups excluding carboxylic acids is 1. The summed E-state index contributed by atoms with van der Waals surface area (Å²) in [5.41, 5.74) is 7.83. The van der Waals surface area contributed by atoms with Crippen LogP contribution in [0.3, 0.4) is 0 Å². The second-order valence-corrected chi connectivity index (χ2v) is 8.95. The highest BCUT2D eigenvalue weighted by atomic mass is 16.2. The quantitative estimate of drug-likeness (QED) is 0.491. The van der Waals surface area contributed by atoms with Gasteiger partial charge in [-0.15, -0.1) is 0 Å². The molecule has 3 nitrogen and oxygen atoms in total. The summed E-state index contributed by atoms with van der Waals surface area (Å²) in [6, 6.07) is 19.1. The number of likely N-dealkylation sites (tertiary alicyclic amines) is 1. The van der Waals surface area contributed by atoms with Crippen molar-refractivity contribution in [1.29, 1.82) is 0 Å². The Morgan fingerprint density at radius 1 is 0.879 bits per heavy atom. The molecule has 1 fully saturated rings. The van der Waals surface area contributed by atoms with E-state index in [0.29, 0.717) is 0 Å². The lowest BCUT2D eigenvalue weighted by Crippen LogP contribution is -2.30. The fraction of sp³-hybridized carbons (Fsp3) is 0.367. The van der Waals surface area contributed by atoms with Crippen molar-refractivity contribution < 1.29 is 4.79 Å². The number of piperidine rings is 1. The third kappa shape index (κ3) is 5.72. The highest BCUT2D eigenvalue weighted by molar-refractivity contribution is 5.95. The van der Waals surface area contributed by atoms with E-state index in [1.807, 2.05) is 30.9 Å². The van der Waals surface area contributed by atoms with Crippen LogP contribution >= 0.6 is 0 Å². The maximum absolute atomic E-state index is 12.8. The van der Waals surface area contributed by atoms with Gasteiger partial charge in [-0.05, 0) is 73.9 Å². The van der Waals surface area contributed by atoms with E-state index in [4.69, 9.17) is 0 Å². The van der Waals surface area contributed by atoms with Crippen LogP contribution in [-0.2, 0) is 6.54 Å². The zero-order chi connectivity index (χ0) is 23.0. The normalized spacial score (nSPS) is 16.4. The molecule has 0 bridgehead atoms. The first kappa shape index (κ1) is 23.3. The fourth-order valence-electron chi connectivity index (χ4n) is 4.97. The summed E-state index contributed by atoms with van der Waals surface area (Å²) in [5, 5.41) is 0. The van der Waals surface area contributed by atoms with E-state index < -0.39 is 0 Å². The fourth-order valence-corrected chi connectivity index (χ4v) is 4.97.